The van der Waals surface area contributed by atoms with Crippen LogP contribution in [0.25, 0.3) is 0 Å². The van der Waals surface area contributed by atoms with Gasteiger partial charge in [0.05, 0.1) is 31.0 Å². The third-order valence-corrected chi connectivity index (χ3v) is 5.01. The number of benzene rings is 2. The molecule has 2 atom stereocenters. The highest BCUT2D eigenvalue weighted by atomic mass is 35.5. The number of hydrogen-bond donors (Lipinski definition) is 3. The highest BCUT2D eigenvalue weighted by molar-refractivity contribution is 7.80. The fourth-order valence-corrected chi connectivity index (χ4v) is 3.54. The summed E-state index contributed by atoms with van der Waals surface area (Å²) in [4.78, 5) is 13.1. The topological polar surface area (TPSA) is 71.6 Å². The number of carbonyl (C=O) groups excluding carboxylic acids is 1. The van der Waals surface area contributed by atoms with E-state index >= 15 is 0 Å². The molecule has 1 saturated heterocycles. The Labute approximate surface area is 173 Å². The molecule has 146 valence electrons. The van der Waals surface area contributed by atoms with Crippen LogP contribution in [-0.2, 0) is 4.79 Å². The number of ether oxygens (including phenoxy) is 2. The van der Waals surface area contributed by atoms with Crippen molar-refractivity contribution in [1.29, 1.82) is 0 Å². The van der Waals surface area contributed by atoms with Crippen LogP contribution in [0, 0.1) is 5.92 Å². The van der Waals surface area contributed by atoms with Gasteiger partial charge >= 0.3 is 0 Å². The third-order valence-electron chi connectivity index (χ3n) is 4.46. The molecule has 6 nitrogen and oxygen atoms in total. The lowest BCUT2D eigenvalue weighted by Crippen LogP contribution is -2.51. The van der Waals surface area contributed by atoms with E-state index in [9.17, 15) is 4.79 Å². The van der Waals surface area contributed by atoms with E-state index in [1.807, 2.05) is 6.07 Å². The van der Waals surface area contributed by atoms with E-state index in [1.165, 1.54) is 0 Å². The van der Waals surface area contributed by atoms with Crippen molar-refractivity contribution in [3.63, 3.8) is 0 Å². The molecule has 2 aromatic carbocycles. The minimum atomic E-state index is -0.662. The molecule has 1 aliphatic rings. The molecule has 0 spiro atoms. The maximum Gasteiger partial charge on any atom is 0.235 e. The molecular formula is C20H20ClN3O3S. The Hall–Kier alpha value is -2.77. The molecule has 1 amide bonds. The highest BCUT2D eigenvalue weighted by Crippen LogP contribution is 2.37. The van der Waals surface area contributed by atoms with Crippen molar-refractivity contribution in [1.82, 2.24) is 10.6 Å². The fourth-order valence-electron chi connectivity index (χ4n) is 3.10. The second-order valence-electron chi connectivity index (χ2n) is 6.16. The quantitative estimate of drug-likeness (QED) is 0.645. The van der Waals surface area contributed by atoms with Gasteiger partial charge < -0.3 is 25.4 Å². The number of para-hydroxylation sites is 1. The van der Waals surface area contributed by atoms with E-state index < -0.39 is 12.0 Å². The molecule has 0 bridgehead atoms. The van der Waals surface area contributed by atoms with Gasteiger partial charge in [0.25, 0.3) is 0 Å². The van der Waals surface area contributed by atoms with Crippen LogP contribution in [0.1, 0.15) is 11.6 Å². The number of methoxy groups -OCH3 is 2. The number of carbonyl (C=O) groups is 1. The number of rotatable bonds is 5. The molecule has 28 heavy (non-hydrogen) atoms. The first kappa shape index (κ1) is 20.0. The summed E-state index contributed by atoms with van der Waals surface area (Å²) in [5.41, 5.74) is 1.76. The smallest absolute Gasteiger partial charge is 0.235 e. The monoisotopic (exact) mass is 417 g/mol. The van der Waals surface area contributed by atoms with Crippen LogP contribution in [0.15, 0.2) is 54.7 Å². The summed E-state index contributed by atoms with van der Waals surface area (Å²) in [5, 5.41) is 9.79. The molecule has 1 aliphatic heterocycles. The van der Waals surface area contributed by atoms with Crippen molar-refractivity contribution in [3.8, 4) is 11.5 Å². The van der Waals surface area contributed by atoms with Crippen molar-refractivity contribution >= 4 is 40.5 Å². The summed E-state index contributed by atoms with van der Waals surface area (Å²) in [6.45, 7) is 4.00. The van der Waals surface area contributed by atoms with Gasteiger partial charge in [-0.15, -0.1) is 0 Å². The van der Waals surface area contributed by atoms with Crippen LogP contribution in [-0.4, -0.2) is 25.2 Å². The Morgan fingerprint density at radius 2 is 1.96 bits per heavy atom. The molecule has 0 aromatic heterocycles. The maximum atomic E-state index is 13.1. The molecule has 1 heterocycles. The summed E-state index contributed by atoms with van der Waals surface area (Å²) in [6.07, 6.45) is 0. The van der Waals surface area contributed by atoms with Crippen LogP contribution in [0.3, 0.4) is 0 Å². The standard InChI is InChI=1S/C20H20ClN3O3S/c1-11-17(19(25)23-15-7-5-4-6-14(15)21)18(24-20(28)22-11)13-9-8-12(26-2)10-16(13)27-3/h4-10,17-18H,1H2,2-3H3,(H,23,25)(H2,22,24,28)/t17-,18+/m0/s1. The first-order valence-corrected chi connectivity index (χ1v) is 9.27. The number of amides is 1. The van der Waals surface area contributed by atoms with Crippen LogP contribution in [0.4, 0.5) is 5.69 Å². The van der Waals surface area contributed by atoms with Gasteiger partial charge in [0, 0.05) is 17.3 Å². The maximum absolute atomic E-state index is 13.1. The predicted octanol–water partition coefficient (Wildman–Crippen LogP) is 3.64. The lowest BCUT2D eigenvalue weighted by atomic mass is 9.87. The van der Waals surface area contributed by atoms with E-state index in [1.54, 1.807) is 50.6 Å². The highest BCUT2D eigenvalue weighted by Gasteiger charge is 2.38. The van der Waals surface area contributed by atoms with Gasteiger partial charge in [0.15, 0.2) is 5.11 Å². The summed E-state index contributed by atoms with van der Waals surface area (Å²) in [6, 6.07) is 12.0. The Morgan fingerprint density at radius 3 is 2.64 bits per heavy atom. The lowest BCUT2D eigenvalue weighted by Gasteiger charge is -2.36. The van der Waals surface area contributed by atoms with E-state index in [2.05, 4.69) is 22.5 Å². The molecule has 1 fully saturated rings. The van der Waals surface area contributed by atoms with Crippen LogP contribution < -0.4 is 25.4 Å². The van der Waals surface area contributed by atoms with Gasteiger partial charge in [-0.2, -0.15) is 0 Å². The van der Waals surface area contributed by atoms with Crippen LogP contribution >= 0.6 is 23.8 Å². The van der Waals surface area contributed by atoms with Crippen LogP contribution in [0.2, 0.25) is 5.02 Å². The molecular weight excluding hydrogens is 398 g/mol. The van der Waals surface area contributed by atoms with E-state index in [-0.39, 0.29) is 5.91 Å². The second kappa shape index (κ2) is 8.50. The summed E-state index contributed by atoms with van der Waals surface area (Å²) in [5.74, 6) is 0.284. The minimum absolute atomic E-state index is 0.275. The van der Waals surface area contributed by atoms with E-state index in [0.29, 0.717) is 33.0 Å². The second-order valence-corrected chi connectivity index (χ2v) is 6.97. The van der Waals surface area contributed by atoms with Gasteiger partial charge in [-0.1, -0.05) is 30.3 Å². The van der Waals surface area contributed by atoms with Crippen LogP contribution in [0.5, 0.6) is 11.5 Å². The third kappa shape index (κ3) is 4.05. The van der Waals surface area contributed by atoms with E-state index in [4.69, 9.17) is 33.3 Å². The Balaban J connectivity index is 1.97. The van der Waals surface area contributed by atoms with Gasteiger partial charge in [0.2, 0.25) is 5.91 Å². The summed E-state index contributed by atoms with van der Waals surface area (Å²) < 4.78 is 10.8. The number of anilines is 1. The van der Waals surface area contributed by atoms with Crippen molar-refractivity contribution in [2.75, 3.05) is 19.5 Å². The van der Waals surface area contributed by atoms with Gasteiger partial charge in [0.1, 0.15) is 17.4 Å². The molecule has 0 unspecified atom stereocenters. The van der Waals surface area contributed by atoms with Crippen molar-refractivity contribution in [2.24, 2.45) is 5.92 Å². The summed E-state index contributed by atoms with van der Waals surface area (Å²) >= 11 is 11.5. The molecule has 0 saturated carbocycles. The number of hydrogen-bond acceptors (Lipinski definition) is 4. The first-order valence-electron chi connectivity index (χ1n) is 8.48. The van der Waals surface area contributed by atoms with Crippen molar-refractivity contribution < 1.29 is 14.3 Å². The Kier molecular flexibility index (Phi) is 6.06. The molecule has 0 radical (unpaired) electrons. The normalized spacial score (nSPS) is 18.7. The summed E-state index contributed by atoms with van der Waals surface area (Å²) in [7, 11) is 3.14. The van der Waals surface area contributed by atoms with Crippen molar-refractivity contribution in [3.05, 3.63) is 65.3 Å². The van der Waals surface area contributed by atoms with Gasteiger partial charge in [-0.05, 0) is 36.5 Å². The SMILES string of the molecule is C=C1NC(=S)N[C@H](c2ccc(OC)cc2OC)[C@H]1C(=O)Nc1ccccc1Cl. The number of nitrogens with one attached hydrogen (secondary N) is 3. The Bertz CT molecular complexity index is 935. The minimum Gasteiger partial charge on any atom is -0.497 e. The fraction of sp³-hybridized carbons (Fsp3) is 0.200. The molecule has 3 rings (SSSR count). The van der Waals surface area contributed by atoms with Gasteiger partial charge in [-0.25, -0.2) is 0 Å². The number of halogens is 1. The average molecular weight is 418 g/mol. The first-order chi connectivity index (χ1) is 13.4. The molecule has 3 N–H and O–H groups in total. The Morgan fingerprint density at radius 1 is 1.21 bits per heavy atom. The average Bonchev–Trinajstić information content (AvgIpc) is 2.68. The van der Waals surface area contributed by atoms with Gasteiger partial charge in [-0.3, -0.25) is 4.79 Å². The molecule has 2 aromatic rings. The van der Waals surface area contributed by atoms with E-state index in [0.717, 1.165) is 5.56 Å². The number of thiocarbonyl (C=S) groups is 1. The lowest BCUT2D eigenvalue weighted by molar-refractivity contribution is -0.119. The zero-order valence-electron chi connectivity index (χ0n) is 15.4. The largest absolute Gasteiger partial charge is 0.497 e. The van der Waals surface area contributed by atoms with Crippen molar-refractivity contribution in [2.45, 2.75) is 6.04 Å². The molecule has 0 aliphatic carbocycles. The predicted molar refractivity (Wildman–Crippen MR) is 114 cm³/mol. The molecule has 8 heteroatoms. The zero-order valence-corrected chi connectivity index (χ0v) is 17.0. The zero-order chi connectivity index (χ0) is 20.3.